The van der Waals surface area contributed by atoms with Crippen molar-refractivity contribution in [3.63, 3.8) is 0 Å². The summed E-state index contributed by atoms with van der Waals surface area (Å²) in [6, 6.07) is 17.0. The molecular weight excluding hydrogens is 308 g/mol. The number of nitrogens with zero attached hydrogens (tertiary/aromatic N) is 2. The van der Waals surface area contributed by atoms with Crippen LogP contribution >= 0.6 is 0 Å². The fourth-order valence-corrected chi connectivity index (χ4v) is 3.59. The number of aromatic nitrogens is 1. The fourth-order valence-electron chi connectivity index (χ4n) is 3.59. The molecular formula is C22H22N2O. The van der Waals surface area contributed by atoms with Gasteiger partial charge in [-0.2, -0.15) is 0 Å². The number of benzene rings is 2. The zero-order chi connectivity index (χ0) is 17.4. The molecule has 2 aromatic carbocycles. The third-order valence-corrected chi connectivity index (χ3v) is 4.84. The molecule has 1 saturated heterocycles. The molecule has 3 nitrogen and oxygen atoms in total. The number of carbonyl (C=O) groups is 1. The number of amides is 1. The third kappa shape index (κ3) is 2.86. The van der Waals surface area contributed by atoms with Gasteiger partial charge in [-0.1, -0.05) is 23.3 Å². The maximum Gasteiger partial charge on any atom is 0.227 e. The first kappa shape index (κ1) is 15.7. The molecule has 0 aliphatic carbocycles. The number of aryl methyl sites for hydroxylation is 2. The van der Waals surface area contributed by atoms with Gasteiger partial charge in [0, 0.05) is 36.5 Å². The standard InChI is InChI=1S/C22H22N2O/c1-16-7-9-20(23-11-3-4-12-23)18(14-16)19-15-17(2)8-10-21(19)24-13-5-6-22(24)25/h3-4,7-12,14-15H,5-6,13H2,1-2H3. The van der Waals surface area contributed by atoms with Crippen LogP contribution in [-0.2, 0) is 4.79 Å². The van der Waals surface area contributed by atoms with Gasteiger partial charge in [0.2, 0.25) is 5.91 Å². The summed E-state index contributed by atoms with van der Waals surface area (Å²) in [6.45, 7) is 5.02. The second-order valence-electron chi connectivity index (χ2n) is 6.78. The normalized spacial score (nSPS) is 14.3. The van der Waals surface area contributed by atoms with Crippen molar-refractivity contribution < 1.29 is 4.79 Å². The predicted molar refractivity (Wildman–Crippen MR) is 102 cm³/mol. The summed E-state index contributed by atoms with van der Waals surface area (Å²) in [6.07, 6.45) is 5.70. The van der Waals surface area contributed by atoms with Gasteiger partial charge >= 0.3 is 0 Å². The molecule has 25 heavy (non-hydrogen) atoms. The van der Waals surface area contributed by atoms with E-state index in [0.29, 0.717) is 6.42 Å². The van der Waals surface area contributed by atoms with Gasteiger partial charge in [0.15, 0.2) is 0 Å². The number of anilines is 1. The van der Waals surface area contributed by atoms with Gasteiger partial charge in [-0.25, -0.2) is 0 Å². The SMILES string of the molecule is Cc1ccc(N2CCCC2=O)c(-c2cc(C)ccc2-n2cccc2)c1. The number of hydrogen-bond acceptors (Lipinski definition) is 1. The monoisotopic (exact) mass is 330 g/mol. The topological polar surface area (TPSA) is 25.2 Å². The molecule has 0 radical (unpaired) electrons. The zero-order valence-corrected chi connectivity index (χ0v) is 14.7. The van der Waals surface area contributed by atoms with Crippen molar-refractivity contribution in [3.05, 3.63) is 72.1 Å². The van der Waals surface area contributed by atoms with E-state index in [1.807, 2.05) is 17.0 Å². The predicted octanol–water partition coefficient (Wildman–Crippen LogP) is 4.89. The molecule has 3 aromatic rings. The lowest BCUT2D eigenvalue weighted by Gasteiger charge is -2.22. The highest BCUT2D eigenvalue weighted by atomic mass is 16.2. The lowest BCUT2D eigenvalue weighted by molar-refractivity contribution is -0.117. The number of rotatable bonds is 3. The average Bonchev–Trinajstić information content (AvgIpc) is 3.26. The Morgan fingerprint density at radius 3 is 2.04 bits per heavy atom. The Labute approximate surface area is 148 Å². The van der Waals surface area contributed by atoms with Gasteiger partial charge in [0.1, 0.15) is 0 Å². The highest BCUT2D eigenvalue weighted by Crippen LogP contribution is 2.37. The molecule has 0 N–H and O–H groups in total. The summed E-state index contributed by atoms with van der Waals surface area (Å²) >= 11 is 0. The van der Waals surface area contributed by atoms with Gasteiger partial charge in [-0.05, 0) is 56.7 Å². The van der Waals surface area contributed by atoms with Crippen LogP contribution in [0.4, 0.5) is 5.69 Å². The lowest BCUT2D eigenvalue weighted by atomic mass is 9.97. The summed E-state index contributed by atoms with van der Waals surface area (Å²) < 4.78 is 2.13. The molecule has 4 rings (SSSR count). The van der Waals surface area contributed by atoms with Crippen LogP contribution in [-0.4, -0.2) is 17.0 Å². The molecule has 3 heteroatoms. The van der Waals surface area contributed by atoms with Crippen molar-refractivity contribution in [2.24, 2.45) is 0 Å². The van der Waals surface area contributed by atoms with E-state index >= 15 is 0 Å². The first-order valence-corrected chi connectivity index (χ1v) is 8.79. The van der Waals surface area contributed by atoms with E-state index in [1.165, 1.54) is 11.1 Å². The van der Waals surface area contributed by atoms with Crippen molar-refractivity contribution in [1.29, 1.82) is 0 Å². The summed E-state index contributed by atoms with van der Waals surface area (Å²) in [5.74, 6) is 0.222. The van der Waals surface area contributed by atoms with Crippen LogP contribution in [0.1, 0.15) is 24.0 Å². The van der Waals surface area contributed by atoms with E-state index in [4.69, 9.17) is 0 Å². The minimum Gasteiger partial charge on any atom is -0.323 e. The minimum absolute atomic E-state index is 0.222. The molecule has 0 saturated carbocycles. The Hall–Kier alpha value is -2.81. The second kappa shape index (κ2) is 6.25. The van der Waals surface area contributed by atoms with Crippen LogP contribution < -0.4 is 4.90 Å². The van der Waals surface area contributed by atoms with E-state index in [2.05, 4.69) is 67.2 Å². The molecule has 1 aliphatic heterocycles. The van der Waals surface area contributed by atoms with Crippen molar-refractivity contribution in [2.75, 3.05) is 11.4 Å². The van der Waals surface area contributed by atoms with E-state index in [1.54, 1.807) is 0 Å². The van der Waals surface area contributed by atoms with Crippen LogP contribution in [0.2, 0.25) is 0 Å². The number of carbonyl (C=O) groups excluding carboxylic acids is 1. The molecule has 0 atom stereocenters. The molecule has 1 aliphatic rings. The molecule has 1 amide bonds. The summed E-state index contributed by atoms with van der Waals surface area (Å²) in [5.41, 5.74) is 6.86. The zero-order valence-electron chi connectivity index (χ0n) is 14.7. The highest BCUT2D eigenvalue weighted by Gasteiger charge is 2.25. The quantitative estimate of drug-likeness (QED) is 0.671. The molecule has 0 spiro atoms. The Kier molecular flexibility index (Phi) is 3.92. The molecule has 0 bridgehead atoms. The molecule has 126 valence electrons. The largest absolute Gasteiger partial charge is 0.323 e. The first-order chi connectivity index (χ1) is 12.1. The van der Waals surface area contributed by atoms with Crippen LogP contribution in [0.25, 0.3) is 16.8 Å². The lowest BCUT2D eigenvalue weighted by Crippen LogP contribution is -2.24. The Balaban J connectivity index is 1.95. The molecule has 2 heterocycles. The van der Waals surface area contributed by atoms with Crippen LogP contribution in [0.15, 0.2) is 60.9 Å². The fraction of sp³-hybridized carbons (Fsp3) is 0.227. The summed E-state index contributed by atoms with van der Waals surface area (Å²) in [5, 5.41) is 0. The van der Waals surface area contributed by atoms with Gasteiger partial charge in [-0.15, -0.1) is 0 Å². The van der Waals surface area contributed by atoms with Gasteiger partial charge in [0.05, 0.1) is 11.4 Å². The molecule has 1 fully saturated rings. The molecule has 1 aromatic heterocycles. The van der Waals surface area contributed by atoms with E-state index in [0.717, 1.165) is 35.5 Å². The smallest absolute Gasteiger partial charge is 0.227 e. The Morgan fingerprint density at radius 2 is 1.44 bits per heavy atom. The maximum atomic E-state index is 12.3. The number of hydrogen-bond donors (Lipinski definition) is 0. The van der Waals surface area contributed by atoms with Crippen molar-refractivity contribution in [2.45, 2.75) is 26.7 Å². The van der Waals surface area contributed by atoms with Crippen LogP contribution in [0, 0.1) is 13.8 Å². The average molecular weight is 330 g/mol. The van der Waals surface area contributed by atoms with E-state index < -0.39 is 0 Å². The minimum atomic E-state index is 0.222. The summed E-state index contributed by atoms with van der Waals surface area (Å²) in [4.78, 5) is 14.3. The molecule has 0 unspecified atom stereocenters. The van der Waals surface area contributed by atoms with Gasteiger partial charge < -0.3 is 9.47 Å². The third-order valence-electron chi connectivity index (χ3n) is 4.84. The van der Waals surface area contributed by atoms with E-state index in [9.17, 15) is 4.79 Å². The first-order valence-electron chi connectivity index (χ1n) is 8.79. The van der Waals surface area contributed by atoms with Crippen LogP contribution in [0.5, 0.6) is 0 Å². The van der Waals surface area contributed by atoms with Gasteiger partial charge in [-0.3, -0.25) is 4.79 Å². The Bertz CT molecular complexity index is 925. The van der Waals surface area contributed by atoms with E-state index in [-0.39, 0.29) is 5.91 Å². The maximum absolute atomic E-state index is 12.3. The van der Waals surface area contributed by atoms with Crippen molar-refractivity contribution >= 4 is 11.6 Å². The van der Waals surface area contributed by atoms with Crippen LogP contribution in [0.3, 0.4) is 0 Å². The second-order valence-corrected chi connectivity index (χ2v) is 6.78. The van der Waals surface area contributed by atoms with Crippen molar-refractivity contribution in [1.82, 2.24) is 4.57 Å². The highest BCUT2D eigenvalue weighted by molar-refractivity contribution is 6.00. The Morgan fingerprint density at radius 1 is 0.840 bits per heavy atom. The van der Waals surface area contributed by atoms with Gasteiger partial charge in [0.25, 0.3) is 0 Å². The summed E-state index contributed by atoms with van der Waals surface area (Å²) in [7, 11) is 0. The van der Waals surface area contributed by atoms with Crippen molar-refractivity contribution in [3.8, 4) is 16.8 Å².